The molecular weight excluding hydrogens is 717 g/mol. The lowest BCUT2D eigenvalue weighted by Gasteiger charge is -2.46. The maximum atomic E-state index is 11.5. The topological polar surface area (TPSA) is 87.6 Å². The first-order valence-corrected chi connectivity index (χ1v) is 24.1. The number of carbonyl (C=O) groups excluding carboxylic acids is 1. The van der Waals surface area contributed by atoms with E-state index in [-0.39, 0.29) is 34.1 Å². The summed E-state index contributed by atoms with van der Waals surface area (Å²) in [5.74, 6) is 0.210. The van der Waals surface area contributed by atoms with Crippen LogP contribution in [0.15, 0.2) is 121 Å². The number of rotatable bonds is 10. The van der Waals surface area contributed by atoms with Crippen molar-refractivity contribution >= 4 is 60.5 Å². The standard InChI is InChI=1S/C23H31NO2Si.C23H31NOSSi/c1-23(2,3)27(20-10-6-4-7-11-20,21-12-8-5-9-13-21)26-19-16-14-18(15-17-19)22(24)25;1-23(2,3)27(20-10-6-4-7-11-20,21-12-8-5-9-13-21)25-19-16-14-18(15-17-19)22(24)26/h4-13,18-19H,14-17H2,1-3H3,(H2,24,25);4-13,18-19H,14-17H2,1-3H3,(H2,24,26). The molecule has 8 heteroatoms. The van der Waals surface area contributed by atoms with Gasteiger partial charge in [0.15, 0.2) is 0 Å². The Morgan fingerprint density at radius 3 is 0.981 bits per heavy atom. The molecule has 54 heavy (non-hydrogen) atoms. The lowest BCUT2D eigenvalue weighted by molar-refractivity contribution is -0.123. The van der Waals surface area contributed by atoms with Gasteiger partial charge < -0.3 is 20.3 Å². The second kappa shape index (κ2) is 18.0. The molecule has 0 spiro atoms. The van der Waals surface area contributed by atoms with E-state index < -0.39 is 16.6 Å². The minimum Gasteiger partial charge on any atom is -0.404 e. The van der Waals surface area contributed by atoms with Crippen LogP contribution in [0.25, 0.3) is 0 Å². The summed E-state index contributed by atoms with van der Waals surface area (Å²) in [6.07, 6.45) is 8.05. The van der Waals surface area contributed by atoms with Gasteiger partial charge in [0.2, 0.25) is 5.91 Å². The molecule has 0 bridgehead atoms. The quantitative estimate of drug-likeness (QED) is 0.126. The van der Waals surface area contributed by atoms with E-state index >= 15 is 0 Å². The largest absolute Gasteiger partial charge is 0.404 e. The van der Waals surface area contributed by atoms with Crippen molar-refractivity contribution in [1.82, 2.24) is 0 Å². The van der Waals surface area contributed by atoms with E-state index in [1.165, 1.54) is 20.7 Å². The molecule has 4 aromatic rings. The predicted molar refractivity (Wildman–Crippen MR) is 235 cm³/mol. The Bertz CT molecular complexity index is 1550. The fourth-order valence-electron chi connectivity index (χ4n) is 8.81. The first-order valence-electron chi connectivity index (χ1n) is 19.9. The Morgan fingerprint density at radius 1 is 0.500 bits per heavy atom. The molecule has 0 unspecified atom stereocenters. The molecule has 0 aliphatic heterocycles. The monoisotopic (exact) mass is 778 g/mol. The van der Waals surface area contributed by atoms with E-state index in [1.807, 2.05) is 0 Å². The molecule has 2 aliphatic rings. The van der Waals surface area contributed by atoms with Crippen LogP contribution in [0.3, 0.4) is 0 Å². The number of amides is 1. The number of hydrogen-bond acceptors (Lipinski definition) is 4. The highest BCUT2D eigenvalue weighted by atomic mass is 32.1. The molecule has 4 N–H and O–H groups in total. The van der Waals surface area contributed by atoms with Crippen LogP contribution in [-0.4, -0.2) is 39.7 Å². The third kappa shape index (κ3) is 9.33. The molecule has 2 fully saturated rings. The Morgan fingerprint density at radius 2 is 0.759 bits per heavy atom. The van der Waals surface area contributed by atoms with Gasteiger partial charge in [0, 0.05) is 24.0 Å². The molecule has 6 rings (SSSR count). The van der Waals surface area contributed by atoms with Gasteiger partial charge in [-0.15, -0.1) is 0 Å². The van der Waals surface area contributed by atoms with E-state index in [0.717, 1.165) is 51.4 Å². The number of benzene rings is 4. The van der Waals surface area contributed by atoms with Crippen molar-refractivity contribution in [2.24, 2.45) is 23.3 Å². The van der Waals surface area contributed by atoms with Crippen LogP contribution in [0.2, 0.25) is 10.1 Å². The summed E-state index contributed by atoms with van der Waals surface area (Å²) in [6, 6.07) is 43.2. The van der Waals surface area contributed by atoms with Crippen molar-refractivity contribution in [2.45, 2.75) is 115 Å². The molecule has 2 aliphatic carbocycles. The number of primary amides is 1. The van der Waals surface area contributed by atoms with Gasteiger partial charge in [0.1, 0.15) is 0 Å². The van der Waals surface area contributed by atoms with Gasteiger partial charge >= 0.3 is 0 Å². The molecule has 4 aromatic carbocycles. The second-order valence-corrected chi connectivity index (χ2v) is 26.3. The zero-order valence-electron chi connectivity index (χ0n) is 33.3. The van der Waals surface area contributed by atoms with Crippen LogP contribution in [0.5, 0.6) is 0 Å². The zero-order valence-corrected chi connectivity index (χ0v) is 36.1. The Kier molecular flexibility index (Phi) is 13.9. The molecule has 288 valence electrons. The molecule has 0 atom stereocenters. The maximum Gasteiger partial charge on any atom is 0.261 e. The molecule has 0 saturated heterocycles. The minimum atomic E-state index is -2.50. The van der Waals surface area contributed by atoms with Crippen LogP contribution >= 0.6 is 12.2 Å². The van der Waals surface area contributed by atoms with Gasteiger partial charge in [-0.05, 0) is 82.2 Å². The lowest BCUT2D eigenvalue weighted by atomic mass is 9.87. The fourth-order valence-corrected chi connectivity index (χ4v) is 18.5. The van der Waals surface area contributed by atoms with Crippen molar-refractivity contribution in [3.05, 3.63) is 121 Å². The number of thiocarbonyl (C=S) groups is 1. The van der Waals surface area contributed by atoms with Crippen LogP contribution in [-0.2, 0) is 13.6 Å². The zero-order chi connectivity index (χ0) is 39.0. The molecule has 2 saturated carbocycles. The maximum absolute atomic E-state index is 11.5. The SMILES string of the molecule is CC(C)(C)[Si](OC1CCC(C(N)=O)CC1)(c1ccccc1)c1ccccc1.CC(C)(C)[Si](OC1CCC(C(N)=S)CC1)(c1ccccc1)c1ccccc1. The normalized spacial score (nSPS) is 21.0. The van der Waals surface area contributed by atoms with Gasteiger partial charge in [-0.2, -0.15) is 0 Å². The summed E-state index contributed by atoms with van der Waals surface area (Å²) < 4.78 is 14.3. The van der Waals surface area contributed by atoms with Crippen molar-refractivity contribution in [3.8, 4) is 0 Å². The summed E-state index contributed by atoms with van der Waals surface area (Å²) in [7, 11) is -4.95. The van der Waals surface area contributed by atoms with Crippen LogP contribution in [0, 0.1) is 11.8 Å². The molecule has 0 aromatic heterocycles. The van der Waals surface area contributed by atoms with Gasteiger partial charge in [0.25, 0.3) is 16.6 Å². The lowest BCUT2D eigenvalue weighted by Crippen LogP contribution is -2.67. The summed E-state index contributed by atoms with van der Waals surface area (Å²) in [4.78, 5) is 12.2. The van der Waals surface area contributed by atoms with Crippen LogP contribution < -0.4 is 32.2 Å². The molecule has 0 heterocycles. The third-order valence-electron chi connectivity index (χ3n) is 11.7. The molecule has 1 amide bonds. The molecule has 5 nitrogen and oxygen atoms in total. The highest BCUT2D eigenvalue weighted by molar-refractivity contribution is 7.80. The Balaban J connectivity index is 0.000000208. The van der Waals surface area contributed by atoms with Crippen molar-refractivity contribution in [1.29, 1.82) is 0 Å². The smallest absolute Gasteiger partial charge is 0.261 e. The summed E-state index contributed by atoms with van der Waals surface area (Å²) >= 11 is 5.22. The fraction of sp³-hybridized carbons (Fsp3) is 0.435. The van der Waals surface area contributed by atoms with Gasteiger partial charge in [0.05, 0.1) is 4.99 Å². The highest BCUT2D eigenvalue weighted by Crippen LogP contribution is 2.41. The molecule has 0 radical (unpaired) electrons. The van der Waals surface area contributed by atoms with Gasteiger partial charge in [-0.3, -0.25) is 4.79 Å². The Hall–Kier alpha value is -3.41. The van der Waals surface area contributed by atoms with Crippen molar-refractivity contribution < 1.29 is 13.6 Å². The summed E-state index contributed by atoms with van der Waals surface area (Å²) in [5.41, 5.74) is 11.4. The minimum absolute atomic E-state index is 0.00371. The van der Waals surface area contributed by atoms with E-state index in [1.54, 1.807) is 0 Å². The second-order valence-electron chi connectivity index (χ2n) is 17.3. The van der Waals surface area contributed by atoms with E-state index in [9.17, 15) is 4.79 Å². The first-order chi connectivity index (χ1) is 25.7. The average molecular weight is 779 g/mol. The predicted octanol–water partition coefficient (Wildman–Crippen LogP) is 8.02. The van der Waals surface area contributed by atoms with Crippen molar-refractivity contribution in [2.75, 3.05) is 0 Å². The van der Waals surface area contributed by atoms with E-state index in [4.69, 9.17) is 32.5 Å². The summed E-state index contributed by atoms with van der Waals surface area (Å²) in [5, 5.41) is 5.31. The van der Waals surface area contributed by atoms with Crippen LogP contribution in [0.1, 0.15) is 92.9 Å². The first kappa shape index (κ1) is 41.8. The average Bonchev–Trinajstić information content (AvgIpc) is 3.17. The van der Waals surface area contributed by atoms with E-state index in [2.05, 4.69) is 163 Å². The number of nitrogens with two attached hydrogens (primary N) is 2. The van der Waals surface area contributed by atoms with Gasteiger partial charge in [-0.25, -0.2) is 0 Å². The number of hydrogen-bond donors (Lipinski definition) is 2. The van der Waals surface area contributed by atoms with Crippen molar-refractivity contribution in [3.63, 3.8) is 0 Å². The Labute approximate surface area is 332 Å². The van der Waals surface area contributed by atoms with Gasteiger partial charge in [-0.1, -0.05) is 175 Å². The van der Waals surface area contributed by atoms with Crippen LogP contribution in [0.4, 0.5) is 0 Å². The summed E-state index contributed by atoms with van der Waals surface area (Å²) in [6.45, 7) is 13.9. The highest BCUT2D eigenvalue weighted by Gasteiger charge is 2.53. The van der Waals surface area contributed by atoms with E-state index in [0.29, 0.717) is 10.9 Å². The third-order valence-corrected chi connectivity index (χ3v) is 22.2. The molecular formula is C46H62N2O3SSi2. The number of carbonyl (C=O) groups is 1.